The van der Waals surface area contributed by atoms with Crippen molar-refractivity contribution in [3.8, 4) is 11.1 Å². The van der Waals surface area contributed by atoms with Crippen molar-refractivity contribution in [3.05, 3.63) is 70.9 Å². The van der Waals surface area contributed by atoms with Gasteiger partial charge in [-0.2, -0.15) is 16.8 Å². The van der Waals surface area contributed by atoms with Crippen molar-refractivity contribution in [2.45, 2.75) is 25.9 Å². The van der Waals surface area contributed by atoms with E-state index in [1.807, 2.05) is 26.0 Å². The lowest BCUT2D eigenvalue weighted by molar-refractivity contribution is -0.448. The zero-order chi connectivity index (χ0) is 24.1. The number of benzene rings is 2. The first-order valence-corrected chi connectivity index (χ1v) is 12.5. The third-order valence-corrected chi connectivity index (χ3v) is 7.00. The standard InChI is InChI=1S/C26H29N3O4S/c1-26(2,33-14-13-27-25(31)32-3)20-10-8-18(9-11-20)17-4-6-19(7-5-17)23-28-22-12-15-34-16-21(22)24(30)29-23/h4-11H,12-16H2,1-3H3,(H,27,31)(H,28,29,30)/p+1. The van der Waals surface area contributed by atoms with E-state index in [1.165, 1.54) is 7.11 Å². The molecule has 0 saturated heterocycles. The minimum Gasteiger partial charge on any atom is -0.453 e. The first kappa shape index (κ1) is 24.2. The summed E-state index contributed by atoms with van der Waals surface area (Å²) in [6.07, 6.45) is 0.391. The van der Waals surface area contributed by atoms with Gasteiger partial charge in [0, 0.05) is 12.3 Å². The summed E-state index contributed by atoms with van der Waals surface area (Å²) < 4.78 is 10.5. The predicted molar refractivity (Wildman–Crippen MR) is 134 cm³/mol. The molecule has 2 aliphatic rings. The number of quaternary nitrogens is 1. The summed E-state index contributed by atoms with van der Waals surface area (Å²) in [5.41, 5.74) is 5.51. The summed E-state index contributed by atoms with van der Waals surface area (Å²) in [7, 11) is 1.34. The van der Waals surface area contributed by atoms with E-state index in [4.69, 9.17) is 9.73 Å². The van der Waals surface area contributed by atoms with E-state index in [9.17, 15) is 9.59 Å². The molecule has 7 nitrogen and oxygen atoms in total. The highest BCUT2D eigenvalue weighted by atomic mass is 32.2. The average Bonchev–Trinajstić information content (AvgIpc) is 2.86. The fourth-order valence-electron chi connectivity index (χ4n) is 3.96. The zero-order valence-electron chi connectivity index (χ0n) is 19.7. The summed E-state index contributed by atoms with van der Waals surface area (Å²) in [5.74, 6) is 2.63. The van der Waals surface area contributed by atoms with Crippen molar-refractivity contribution in [1.82, 2.24) is 5.32 Å². The number of alkyl carbamates (subject to hydrolysis) is 1. The van der Waals surface area contributed by atoms with Crippen LogP contribution in [0.15, 0.2) is 64.8 Å². The van der Waals surface area contributed by atoms with E-state index in [1.54, 1.807) is 17.1 Å². The van der Waals surface area contributed by atoms with E-state index in [0.29, 0.717) is 13.2 Å². The van der Waals surface area contributed by atoms with Crippen LogP contribution in [0.3, 0.4) is 0 Å². The third kappa shape index (κ3) is 5.58. The van der Waals surface area contributed by atoms with Crippen LogP contribution in [-0.4, -0.2) is 49.6 Å². The molecule has 4 rings (SSSR count). The van der Waals surface area contributed by atoms with E-state index in [-0.39, 0.29) is 5.91 Å². The smallest absolute Gasteiger partial charge is 0.406 e. The Morgan fingerprint density at radius 2 is 1.74 bits per heavy atom. The summed E-state index contributed by atoms with van der Waals surface area (Å²) in [4.78, 5) is 28.4. The van der Waals surface area contributed by atoms with Crippen LogP contribution in [0.25, 0.3) is 11.1 Å². The van der Waals surface area contributed by atoms with Crippen molar-refractivity contribution in [1.29, 1.82) is 0 Å². The van der Waals surface area contributed by atoms with E-state index in [2.05, 4.69) is 46.5 Å². The number of primary amides is 1. The summed E-state index contributed by atoms with van der Waals surface area (Å²) in [6.45, 7) is 4.77. The number of amides is 2. The highest BCUT2D eigenvalue weighted by molar-refractivity contribution is 7.99. The van der Waals surface area contributed by atoms with Gasteiger partial charge < -0.3 is 14.8 Å². The lowest BCUT2D eigenvalue weighted by atomic mass is 9.95. The van der Waals surface area contributed by atoms with Gasteiger partial charge in [-0.1, -0.05) is 36.4 Å². The molecule has 2 aromatic rings. The van der Waals surface area contributed by atoms with Gasteiger partial charge in [-0.3, -0.25) is 0 Å². The van der Waals surface area contributed by atoms with Gasteiger partial charge in [-0.05, 0) is 54.8 Å². The number of rotatable bonds is 7. The molecule has 0 spiro atoms. The molecule has 0 aromatic heterocycles. The van der Waals surface area contributed by atoms with Crippen LogP contribution in [-0.2, 0) is 19.9 Å². The Morgan fingerprint density at radius 1 is 1.09 bits per heavy atom. The largest absolute Gasteiger partial charge is 0.453 e. The quantitative estimate of drug-likeness (QED) is 0.594. The van der Waals surface area contributed by atoms with Crippen molar-refractivity contribution in [3.63, 3.8) is 0 Å². The normalized spacial score (nSPS) is 16.1. The second kappa shape index (κ2) is 10.5. The van der Waals surface area contributed by atoms with E-state index >= 15 is 0 Å². The van der Waals surface area contributed by atoms with Crippen LogP contribution >= 0.6 is 11.8 Å². The van der Waals surface area contributed by atoms with Gasteiger partial charge in [0.25, 0.3) is 0 Å². The molecule has 0 unspecified atom stereocenters. The number of allylic oxidation sites excluding steroid dienone is 1. The second-order valence-electron chi connectivity index (χ2n) is 8.67. The molecule has 0 radical (unpaired) electrons. The Kier molecular flexibility index (Phi) is 7.50. The van der Waals surface area contributed by atoms with Crippen LogP contribution in [0.5, 0.6) is 0 Å². The maximum absolute atomic E-state index is 12.5. The van der Waals surface area contributed by atoms with Gasteiger partial charge in [-0.25, -0.2) is 14.9 Å². The van der Waals surface area contributed by atoms with Gasteiger partial charge in [0.2, 0.25) is 5.84 Å². The number of aliphatic imine (C=N–C) groups is 1. The number of amidine groups is 1. The number of carbonyl (C=O) groups is 2. The molecule has 0 atom stereocenters. The first-order valence-electron chi connectivity index (χ1n) is 11.3. The Bertz CT molecular complexity index is 1120. The molecule has 0 aliphatic carbocycles. The van der Waals surface area contributed by atoms with E-state index in [0.717, 1.165) is 57.3 Å². The van der Waals surface area contributed by atoms with Gasteiger partial charge in [0.05, 0.1) is 36.2 Å². The highest BCUT2D eigenvalue weighted by Gasteiger charge is 2.30. The zero-order valence-corrected chi connectivity index (χ0v) is 20.5. The van der Waals surface area contributed by atoms with Crippen molar-refractivity contribution >= 4 is 29.6 Å². The SMILES string of the molecule is COC(=O)NCCOC(C)(C)c1ccc(-c2ccc(C3=NC4=C(CSCC4)C(=O)[NH2+]3)cc2)cc1. The molecule has 2 aromatic carbocycles. The number of carbonyl (C=O) groups excluding carboxylic acids is 2. The summed E-state index contributed by atoms with van der Waals surface area (Å²) in [6, 6.07) is 16.4. The second-order valence-corrected chi connectivity index (χ2v) is 9.77. The van der Waals surface area contributed by atoms with Gasteiger partial charge in [0.1, 0.15) is 0 Å². The number of nitrogens with one attached hydrogen (secondary N) is 1. The maximum atomic E-state index is 12.5. The van der Waals surface area contributed by atoms with Crippen LogP contribution in [0, 0.1) is 0 Å². The topological polar surface area (TPSA) is 93.6 Å². The van der Waals surface area contributed by atoms with Gasteiger partial charge in [0.15, 0.2) is 0 Å². The molecular weight excluding hydrogens is 450 g/mol. The first-order chi connectivity index (χ1) is 16.4. The predicted octanol–water partition coefficient (Wildman–Crippen LogP) is 3.20. The average molecular weight is 481 g/mol. The van der Waals surface area contributed by atoms with E-state index < -0.39 is 11.7 Å². The number of nitrogens with zero attached hydrogens (tertiary/aromatic N) is 1. The van der Waals surface area contributed by atoms with Crippen LogP contribution in [0.2, 0.25) is 0 Å². The van der Waals surface area contributed by atoms with Gasteiger partial charge >= 0.3 is 12.0 Å². The maximum Gasteiger partial charge on any atom is 0.406 e. The van der Waals surface area contributed by atoms with Crippen molar-refractivity contribution in [2.24, 2.45) is 4.99 Å². The van der Waals surface area contributed by atoms with Gasteiger partial charge in [-0.15, -0.1) is 0 Å². The fraction of sp³-hybridized carbons (Fsp3) is 0.346. The molecule has 8 heteroatoms. The fourth-order valence-corrected chi connectivity index (χ4v) is 4.96. The number of hydrogen-bond donors (Lipinski definition) is 2. The number of hydrogen-bond acceptors (Lipinski definition) is 6. The Balaban J connectivity index is 1.41. The molecule has 0 bridgehead atoms. The van der Waals surface area contributed by atoms with Crippen LogP contribution < -0.4 is 10.6 Å². The highest BCUT2D eigenvalue weighted by Crippen LogP contribution is 2.29. The molecule has 178 valence electrons. The molecule has 3 N–H and O–H groups in total. The molecular formula is C26H30N3O4S+. The lowest BCUT2D eigenvalue weighted by Gasteiger charge is -2.26. The minimum absolute atomic E-state index is 0.0952. The molecule has 2 amide bonds. The minimum atomic E-state index is -0.493. The monoisotopic (exact) mass is 480 g/mol. The summed E-state index contributed by atoms with van der Waals surface area (Å²) in [5, 5.41) is 4.28. The Hall–Kier alpha value is -2.94. The number of nitrogens with two attached hydrogens (primary N) is 1. The third-order valence-electron chi connectivity index (χ3n) is 6.01. The molecule has 2 heterocycles. The van der Waals surface area contributed by atoms with Crippen molar-refractivity contribution in [2.75, 3.05) is 31.8 Å². The molecule has 34 heavy (non-hydrogen) atoms. The molecule has 0 fully saturated rings. The number of ether oxygens (including phenoxy) is 2. The molecule has 2 aliphatic heterocycles. The molecule has 0 saturated carbocycles. The van der Waals surface area contributed by atoms with Crippen LogP contribution in [0.4, 0.5) is 4.79 Å². The van der Waals surface area contributed by atoms with Crippen molar-refractivity contribution < 1.29 is 24.4 Å². The van der Waals surface area contributed by atoms with Crippen LogP contribution in [0.1, 0.15) is 31.4 Å². The Morgan fingerprint density at radius 3 is 2.41 bits per heavy atom. The summed E-state index contributed by atoms with van der Waals surface area (Å²) >= 11 is 1.79. The number of thioether (sulfide) groups is 1. The number of methoxy groups -OCH3 is 1. The lowest BCUT2D eigenvalue weighted by Crippen LogP contribution is -2.93. The Labute approximate surface area is 204 Å².